The molecule has 0 bridgehead atoms. The van der Waals surface area contributed by atoms with Gasteiger partial charge in [-0.05, 0) is 36.4 Å². The van der Waals surface area contributed by atoms with E-state index in [-0.39, 0.29) is 0 Å². The van der Waals surface area contributed by atoms with E-state index in [9.17, 15) is 0 Å². The lowest BCUT2D eigenvalue weighted by molar-refractivity contribution is 0.410. The highest BCUT2D eigenvalue weighted by atomic mass is 79.9. The molecule has 0 aliphatic heterocycles. The second kappa shape index (κ2) is 6.51. The quantitative estimate of drug-likeness (QED) is 0.790. The highest BCUT2D eigenvalue weighted by molar-refractivity contribution is 9.10. The van der Waals surface area contributed by atoms with Gasteiger partial charge in [-0.25, -0.2) is 0 Å². The standard InChI is InChI=1S/C14H12BrCl2NO/c1-19-14-3-2-10(15)4-9(14)8-18-13-6-11(16)5-12(17)7-13/h2-7,18H,8H2,1H3. The molecular weight excluding hydrogens is 349 g/mol. The lowest BCUT2D eigenvalue weighted by Gasteiger charge is -2.11. The zero-order chi connectivity index (χ0) is 13.8. The average molecular weight is 361 g/mol. The topological polar surface area (TPSA) is 21.3 Å². The summed E-state index contributed by atoms with van der Waals surface area (Å²) < 4.78 is 6.33. The summed E-state index contributed by atoms with van der Waals surface area (Å²) in [4.78, 5) is 0. The first-order valence-electron chi connectivity index (χ1n) is 5.61. The van der Waals surface area contributed by atoms with Crippen LogP contribution >= 0.6 is 39.1 Å². The Morgan fingerprint density at radius 3 is 2.42 bits per heavy atom. The highest BCUT2D eigenvalue weighted by Gasteiger charge is 2.04. The van der Waals surface area contributed by atoms with Gasteiger partial charge in [0.1, 0.15) is 5.75 Å². The van der Waals surface area contributed by atoms with Crippen LogP contribution in [-0.4, -0.2) is 7.11 Å². The molecule has 0 amide bonds. The van der Waals surface area contributed by atoms with Gasteiger partial charge in [-0.3, -0.25) is 0 Å². The molecule has 0 fully saturated rings. The Morgan fingerprint density at radius 2 is 1.79 bits per heavy atom. The normalized spacial score (nSPS) is 10.3. The molecule has 0 heterocycles. The minimum absolute atomic E-state index is 0.608. The Balaban J connectivity index is 2.16. The molecule has 0 radical (unpaired) electrons. The lowest BCUT2D eigenvalue weighted by atomic mass is 10.2. The Kier molecular flexibility index (Phi) is 4.97. The van der Waals surface area contributed by atoms with Crippen molar-refractivity contribution in [3.05, 3.63) is 56.5 Å². The van der Waals surface area contributed by atoms with E-state index in [1.807, 2.05) is 30.3 Å². The van der Waals surface area contributed by atoms with Crippen LogP contribution in [0.1, 0.15) is 5.56 Å². The molecule has 5 heteroatoms. The molecule has 0 saturated heterocycles. The summed E-state index contributed by atoms with van der Waals surface area (Å²) in [5.41, 5.74) is 1.92. The minimum Gasteiger partial charge on any atom is -0.496 e. The maximum absolute atomic E-state index is 5.96. The summed E-state index contributed by atoms with van der Waals surface area (Å²) in [6.45, 7) is 0.624. The minimum atomic E-state index is 0.608. The molecule has 0 spiro atoms. The first-order chi connectivity index (χ1) is 9.08. The summed E-state index contributed by atoms with van der Waals surface area (Å²) >= 11 is 15.4. The lowest BCUT2D eigenvalue weighted by Crippen LogP contribution is -2.01. The monoisotopic (exact) mass is 359 g/mol. The fourth-order valence-corrected chi connectivity index (χ4v) is 2.67. The van der Waals surface area contributed by atoms with E-state index < -0.39 is 0 Å². The smallest absolute Gasteiger partial charge is 0.123 e. The summed E-state index contributed by atoms with van der Waals surface area (Å²) in [7, 11) is 1.66. The number of hydrogen-bond acceptors (Lipinski definition) is 2. The summed E-state index contributed by atoms with van der Waals surface area (Å²) in [5, 5.41) is 4.49. The van der Waals surface area contributed by atoms with Crippen molar-refractivity contribution in [2.24, 2.45) is 0 Å². The number of nitrogens with one attached hydrogen (secondary N) is 1. The van der Waals surface area contributed by atoms with E-state index in [0.717, 1.165) is 21.5 Å². The zero-order valence-electron chi connectivity index (χ0n) is 10.2. The number of halogens is 3. The van der Waals surface area contributed by atoms with Crippen LogP contribution in [0.15, 0.2) is 40.9 Å². The molecule has 0 saturated carbocycles. The number of benzene rings is 2. The van der Waals surface area contributed by atoms with Gasteiger partial charge in [0.2, 0.25) is 0 Å². The third-order valence-electron chi connectivity index (χ3n) is 2.59. The first-order valence-corrected chi connectivity index (χ1v) is 7.16. The van der Waals surface area contributed by atoms with Crippen LogP contribution in [-0.2, 0) is 6.54 Å². The van der Waals surface area contributed by atoms with Gasteiger partial charge in [0.05, 0.1) is 7.11 Å². The molecule has 1 N–H and O–H groups in total. The molecule has 2 aromatic carbocycles. The van der Waals surface area contributed by atoms with Gasteiger partial charge < -0.3 is 10.1 Å². The Hall–Kier alpha value is -0.900. The van der Waals surface area contributed by atoms with E-state index >= 15 is 0 Å². The second-order valence-electron chi connectivity index (χ2n) is 3.97. The third kappa shape index (κ3) is 4.03. The number of anilines is 1. The van der Waals surface area contributed by atoms with Crippen molar-refractivity contribution >= 4 is 44.8 Å². The van der Waals surface area contributed by atoms with Crippen LogP contribution in [0, 0.1) is 0 Å². The van der Waals surface area contributed by atoms with Crippen LogP contribution in [0.3, 0.4) is 0 Å². The van der Waals surface area contributed by atoms with Gasteiger partial charge in [-0.15, -0.1) is 0 Å². The fourth-order valence-electron chi connectivity index (χ4n) is 1.74. The van der Waals surface area contributed by atoms with Gasteiger partial charge in [0.25, 0.3) is 0 Å². The molecule has 0 aliphatic rings. The SMILES string of the molecule is COc1ccc(Br)cc1CNc1cc(Cl)cc(Cl)c1. The van der Waals surface area contributed by atoms with Crippen LogP contribution in [0.4, 0.5) is 5.69 Å². The van der Waals surface area contributed by atoms with Gasteiger partial charge in [0, 0.05) is 32.3 Å². The molecule has 0 aliphatic carbocycles. The predicted octanol–water partition coefficient (Wildman–Crippen LogP) is 5.38. The van der Waals surface area contributed by atoms with Crippen LogP contribution in [0.2, 0.25) is 10.0 Å². The van der Waals surface area contributed by atoms with Gasteiger partial charge >= 0.3 is 0 Å². The van der Waals surface area contributed by atoms with Crippen molar-refractivity contribution in [2.75, 3.05) is 12.4 Å². The van der Waals surface area contributed by atoms with Crippen LogP contribution < -0.4 is 10.1 Å². The highest BCUT2D eigenvalue weighted by Crippen LogP contribution is 2.26. The molecule has 2 aromatic rings. The van der Waals surface area contributed by atoms with E-state index in [2.05, 4.69) is 21.2 Å². The van der Waals surface area contributed by atoms with E-state index in [4.69, 9.17) is 27.9 Å². The maximum Gasteiger partial charge on any atom is 0.123 e. The number of hydrogen-bond donors (Lipinski definition) is 1. The molecule has 100 valence electrons. The molecule has 0 atom stereocenters. The van der Waals surface area contributed by atoms with E-state index in [1.165, 1.54) is 0 Å². The maximum atomic E-state index is 5.96. The molecule has 2 nitrogen and oxygen atoms in total. The Morgan fingerprint density at radius 1 is 1.11 bits per heavy atom. The van der Waals surface area contributed by atoms with Crippen molar-refractivity contribution in [2.45, 2.75) is 6.54 Å². The van der Waals surface area contributed by atoms with Gasteiger partial charge in [0.15, 0.2) is 0 Å². The summed E-state index contributed by atoms with van der Waals surface area (Å²) in [6, 6.07) is 11.2. The fraction of sp³-hybridized carbons (Fsp3) is 0.143. The molecule has 19 heavy (non-hydrogen) atoms. The average Bonchev–Trinajstić information content (AvgIpc) is 2.35. The largest absolute Gasteiger partial charge is 0.496 e. The Labute approximate surface area is 130 Å². The molecule has 0 unspecified atom stereocenters. The predicted molar refractivity (Wildman–Crippen MR) is 84.5 cm³/mol. The van der Waals surface area contributed by atoms with Crippen molar-refractivity contribution in [1.29, 1.82) is 0 Å². The van der Waals surface area contributed by atoms with Crippen molar-refractivity contribution in [1.82, 2.24) is 0 Å². The van der Waals surface area contributed by atoms with Crippen molar-refractivity contribution in [3.63, 3.8) is 0 Å². The number of ether oxygens (including phenoxy) is 1. The second-order valence-corrected chi connectivity index (χ2v) is 5.76. The molecule has 0 aromatic heterocycles. The van der Waals surface area contributed by atoms with Crippen molar-refractivity contribution < 1.29 is 4.74 Å². The van der Waals surface area contributed by atoms with Crippen molar-refractivity contribution in [3.8, 4) is 5.75 Å². The number of methoxy groups -OCH3 is 1. The zero-order valence-corrected chi connectivity index (χ0v) is 13.3. The Bertz CT molecular complexity index is 569. The van der Waals surface area contributed by atoms with Gasteiger partial charge in [-0.2, -0.15) is 0 Å². The molecule has 2 rings (SSSR count). The molecular formula is C14H12BrCl2NO. The number of rotatable bonds is 4. The van der Waals surface area contributed by atoms with Crippen LogP contribution in [0.5, 0.6) is 5.75 Å². The van der Waals surface area contributed by atoms with Crippen LogP contribution in [0.25, 0.3) is 0 Å². The van der Waals surface area contributed by atoms with Gasteiger partial charge in [-0.1, -0.05) is 39.1 Å². The third-order valence-corrected chi connectivity index (χ3v) is 3.52. The summed E-state index contributed by atoms with van der Waals surface area (Å²) in [6.07, 6.45) is 0. The first kappa shape index (κ1) is 14.5. The van der Waals surface area contributed by atoms with E-state index in [1.54, 1.807) is 13.2 Å². The van der Waals surface area contributed by atoms with E-state index in [0.29, 0.717) is 16.6 Å². The summed E-state index contributed by atoms with van der Waals surface area (Å²) in [5.74, 6) is 0.837.